The molecule has 4 heteroatoms. The fraction of sp³-hybridized carbons (Fsp3) is 0. The van der Waals surface area contributed by atoms with Crippen LogP contribution in [-0.2, 0) is 0 Å². The number of anilines is 1. The minimum atomic E-state index is 1.04. The summed E-state index contributed by atoms with van der Waals surface area (Å²) in [5, 5.41) is 10.7. The lowest BCUT2D eigenvalue weighted by Crippen LogP contribution is -1.87. The molecule has 1 aliphatic heterocycles. The quantitative estimate of drug-likeness (QED) is 0.312. The molecular weight excluding hydrogens is 368 g/mol. The van der Waals surface area contributed by atoms with Crippen molar-refractivity contribution in [2.45, 2.75) is 4.90 Å². The molecule has 0 spiro atoms. The van der Waals surface area contributed by atoms with E-state index < -0.39 is 0 Å². The maximum absolute atomic E-state index is 5.01. The van der Waals surface area contributed by atoms with Gasteiger partial charge in [0.2, 0.25) is 0 Å². The highest BCUT2D eigenvalue weighted by molar-refractivity contribution is 8.03. The van der Waals surface area contributed by atoms with Crippen LogP contribution < -0.4 is 5.32 Å². The standard InChI is InChI=1S/C23H14N2S2/c1-3-9-16-14(7-1)15-8-2-4-10-17(15)23-22(16)25-21(27-23)13-20-24-18-11-5-6-12-19(18)26-20/h1-13,24H. The van der Waals surface area contributed by atoms with Crippen LogP contribution in [0, 0.1) is 0 Å². The van der Waals surface area contributed by atoms with Crippen LogP contribution in [-0.4, -0.2) is 4.98 Å². The third-order valence-corrected chi connectivity index (χ3v) is 6.96. The molecule has 0 radical (unpaired) electrons. The smallest absolute Gasteiger partial charge is 0.120 e. The van der Waals surface area contributed by atoms with Crippen molar-refractivity contribution in [3.05, 3.63) is 82.8 Å². The summed E-state index contributed by atoms with van der Waals surface area (Å²) in [7, 11) is 0. The highest BCUT2D eigenvalue weighted by Crippen LogP contribution is 2.43. The summed E-state index contributed by atoms with van der Waals surface area (Å²) in [5.74, 6) is 0. The van der Waals surface area contributed by atoms with Crippen molar-refractivity contribution in [3.8, 4) is 0 Å². The molecule has 0 aliphatic carbocycles. The van der Waals surface area contributed by atoms with Crippen molar-refractivity contribution >= 4 is 66.6 Å². The summed E-state index contributed by atoms with van der Waals surface area (Å²) in [5.41, 5.74) is 2.27. The average molecular weight is 383 g/mol. The van der Waals surface area contributed by atoms with Gasteiger partial charge in [0.1, 0.15) is 5.01 Å². The topological polar surface area (TPSA) is 24.9 Å². The van der Waals surface area contributed by atoms with Gasteiger partial charge in [-0.1, -0.05) is 72.4 Å². The molecule has 1 aliphatic rings. The number of thiazole rings is 1. The Morgan fingerprint density at radius 2 is 1.41 bits per heavy atom. The number of nitrogens with zero attached hydrogens (tertiary/aromatic N) is 1. The van der Waals surface area contributed by atoms with E-state index in [1.807, 2.05) is 0 Å². The Labute approximate surface area is 164 Å². The zero-order valence-electron chi connectivity index (χ0n) is 14.3. The van der Waals surface area contributed by atoms with Gasteiger partial charge >= 0.3 is 0 Å². The molecule has 4 aromatic carbocycles. The van der Waals surface area contributed by atoms with Crippen molar-refractivity contribution < 1.29 is 0 Å². The molecule has 0 bridgehead atoms. The van der Waals surface area contributed by atoms with E-state index >= 15 is 0 Å². The molecule has 0 saturated carbocycles. The van der Waals surface area contributed by atoms with Gasteiger partial charge in [0.15, 0.2) is 0 Å². The monoisotopic (exact) mass is 382 g/mol. The number of thioether (sulfide) groups is 1. The zero-order valence-corrected chi connectivity index (χ0v) is 15.9. The molecule has 6 rings (SSSR count). The van der Waals surface area contributed by atoms with Crippen molar-refractivity contribution in [2.24, 2.45) is 0 Å². The van der Waals surface area contributed by atoms with Crippen LogP contribution in [0.1, 0.15) is 5.01 Å². The van der Waals surface area contributed by atoms with Gasteiger partial charge in [0.05, 0.1) is 20.9 Å². The van der Waals surface area contributed by atoms with Crippen LogP contribution in [0.2, 0.25) is 0 Å². The number of benzene rings is 4. The Morgan fingerprint density at radius 3 is 2.22 bits per heavy atom. The highest BCUT2D eigenvalue weighted by Gasteiger charge is 2.17. The second-order valence-electron chi connectivity index (χ2n) is 6.55. The van der Waals surface area contributed by atoms with E-state index in [-0.39, 0.29) is 0 Å². The van der Waals surface area contributed by atoms with Gasteiger partial charge in [0, 0.05) is 21.7 Å². The summed E-state index contributed by atoms with van der Waals surface area (Å²) in [6, 6.07) is 25.6. The largest absolute Gasteiger partial charge is 0.349 e. The number of hydrogen-bond acceptors (Lipinski definition) is 4. The molecule has 5 aromatic rings. The van der Waals surface area contributed by atoms with Crippen LogP contribution >= 0.6 is 23.1 Å². The Balaban J connectivity index is 1.58. The fourth-order valence-electron chi connectivity index (χ4n) is 3.72. The molecule has 0 amide bonds. The molecule has 0 saturated heterocycles. The van der Waals surface area contributed by atoms with E-state index in [2.05, 4.69) is 84.2 Å². The second kappa shape index (κ2) is 5.84. The summed E-state index contributed by atoms with van der Waals surface area (Å²) in [4.78, 5) is 6.27. The second-order valence-corrected chi connectivity index (χ2v) is 8.67. The van der Waals surface area contributed by atoms with E-state index in [0.29, 0.717) is 0 Å². The first-order chi connectivity index (χ1) is 13.4. The van der Waals surface area contributed by atoms with Gasteiger partial charge in [0.25, 0.3) is 0 Å². The molecule has 27 heavy (non-hydrogen) atoms. The van der Waals surface area contributed by atoms with Crippen LogP contribution in [0.15, 0.2) is 82.7 Å². The Morgan fingerprint density at radius 1 is 0.741 bits per heavy atom. The van der Waals surface area contributed by atoms with Crippen molar-refractivity contribution in [3.63, 3.8) is 0 Å². The Hall–Kier alpha value is -2.82. The molecule has 1 N–H and O–H groups in total. The Bertz CT molecular complexity index is 1280. The first-order valence-corrected chi connectivity index (χ1v) is 10.5. The third-order valence-electron chi connectivity index (χ3n) is 4.91. The van der Waals surface area contributed by atoms with Crippen LogP contribution in [0.3, 0.4) is 0 Å². The van der Waals surface area contributed by atoms with E-state index in [1.165, 1.54) is 36.8 Å². The van der Waals surface area contributed by atoms with Gasteiger partial charge in [-0.15, -0.1) is 11.3 Å². The fourth-order valence-corrected chi connectivity index (χ4v) is 5.80. The lowest BCUT2D eigenvalue weighted by Gasteiger charge is -2.05. The van der Waals surface area contributed by atoms with Gasteiger partial charge in [-0.25, -0.2) is 4.98 Å². The van der Waals surface area contributed by atoms with Crippen molar-refractivity contribution in [2.75, 3.05) is 5.32 Å². The number of para-hydroxylation sites is 1. The van der Waals surface area contributed by atoms with Crippen LogP contribution in [0.25, 0.3) is 37.8 Å². The molecule has 128 valence electrons. The van der Waals surface area contributed by atoms with Crippen LogP contribution in [0.4, 0.5) is 5.69 Å². The third kappa shape index (κ3) is 2.37. The van der Waals surface area contributed by atoms with Gasteiger partial charge in [-0.05, 0) is 22.9 Å². The van der Waals surface area contributed by atoms with Crippen molar-refractivity contribution in [1.82, 2.24) is 4.98 Å². The number of rotatable bonds is 1. The normalized spacial score (nSPS) is 14.9. The molecule has 2 nitrogen and oxygen atoms in total. The predicted octanol–water partition coefficient (Wildman–Crippen LogP) is 7.12. The molecule has 0 unspecified atom stereocenters. The lowest BCUT2D eigenvalue weighted by atomic mass is 10.0. The van der Waals surface area contributed by atoms with E-state index in [0.717, 1.165) is 15.6 Å². The zero-order chi connectivity index (χ0) is 17.8. The highest BCUT2D eigenvalue weighted by atomic mass is 32.2. The number of hydrogen-bond donors (Lipinski definition) is 1. The minimum Gasteiger partial charge on any atom is -0.349 e. The van der Waals surface area contributed by atoms with E-state index in [1.54, 1.807) is 23.1 Å². The van der Waals surface area contributed by atoms with E-state index in [9.17, 15) is 0 Å². The molecule has 0 atom stereocenters. The maximum atomic E-state index is 5.01. The summed E-state index contributed by atoms with van der Waals surface area (Å²) in [6.45, 7) is 0. The minimum absolute atomic E-state index is 1.04. The SMILES string of the molecule is C(=C1Nc2ccccc2S1)c1nc2c3ccccc3c3ccccc3c2s1. The number of fused-ring (bicyclic) bond motifs is 7. The molecule has 1 aromatic heterocycles. The lowest BCUT2D eigenvalue weighted by molar-refractivity contribution is 1.45. The predicted molar refractivity (Wildman–Crippen MR) is 119 cm³/mol. The summed E-state index contributed by atoms with van der Waals surface area (Å²) >= 11 is 3.53. The first-order valence-electron chi connectivity index (χ1n) is 8.82. The molecular formula is C23H14N2S2. The Kier molecular flexibility index (Phi) is 3.30. The van der Waals surface area contributed by atoms with Crippen LogP contribution in [0.5, 0.6) is 0 Å². The number of nitrogens with one attached hydrogen (secondary N) is 1. The van der Waals surface area contributed by atoms with Gasteiger partial charge in [-0.2, -0.15) is 0 Å². The average Bonchev–Trinajstić information content (AvgIpc) is 3.32. The van der Waals surface area contributed by atoms with Gasteiger partial charge < -0.3 is 5.32 Å². The summed E-state index contributed by atoms with van der Waals surface area (Å²) in [6.07, 6.45) is 2.17. The molecule has 2 heterocycles. The number of aromatic nitrogens is 1. The van der Waals surface area contributed by atoms with E-state index in [4.69, 9.17) is 4.98 Å². The summed E-state index contributed by atoms with van der Waals surface area (Å²) < 4.78 is 1.26. The maximum Gasteiger partial charge on any atom is 0.120 e. The first kappa shape index (κ1) is 15.3. The van der Waals surface area contributed by atoms with Gasteiger partial charge in [-0.3, -0.25) is 0 Å². The molecule has 0 fully saturated rings. The van der Waals surface area contributed by atoms with Crippen molar-refractivity contribution in [1.29, 1.82) is 0 Å².